The Morgan fingerprint density at radius 1 is 1.16 bits per heavy atom. The van der Waals surface area contributed by atoms with E-state index in [4.69, 9.17) is 11.6 Å². The topological polar surface area (TPSA) is 17.3 Å². The van der Waals surface area contributed by atoms with E-state index in [1.165, 1.54) is 5.56 Å². The molecule has 2 heterocycles. The molecule has 0 atom stereocenters. The normalized spacial score (nSPS) is 11.1. The summed E-state index contributed by atoms with van der Waals surface area (Å²) in [6.45, 7) is 2.08. The lowest BCUT2D eigenvalue weighted by molar-refractivity contribution is 1.08. The number of pyridine rings is 1. The minimum atomic E-state index is 0.431. The number of rotatable bonds is 2. The molecule has 2 nitrogen and oxygen atoms in total. The van der Waals surface area contributed by atoms with Crippen LogP contribution >= 0.6 is 27.5 Å². The van der Waals surface area contributed by atoms with Crippen molar-refractivity contribution in [1.29, 1.82) is 0 Å². The largest absolute Gasteiger partial charge is 0.301 e. The summed E-state index contributed by atoms with van der Waals surface area (Å²) in [4.78, 5) is 4.68. The predicted octanol–water partition coefficient (Wildman–Crippen LogP) is 4.81. The zero-order valence-electron chi connectivity index (χ0n) is 10.4. The van der Waals surface area contributed by atoms with Crippen LogP contribution in [0.3, 0.4) is 0 Å². The lowest BCUT2D eigenvalue weighted by Crippen LogP contribution is -1.91. The molecule has 0 aliphatic rings. The van der Waals surface area contributed by atoms with E-state index < -0.39 is 0 Å². The lowest BCUT2D eigenvalue weighted by Gasteiger charge is -2.02. The second-order valence-corrected chi connectivity index (χ2v) is 5.67. The number of alkyl halides is 1. The van der Waals surface area contributed by atoms with Crippen molar-refractivity contribution >= 4 is 33.2 Å². The second-order valence-electron chi connectivity index (χ2n) is 4.48. The van der Waals surface area contributed by atoms with Gasteiger partial charge in [-0.1, -0.05) is 29.8 Å². The van der Waals surface area contributed by atoms with Gasteiger partial charge >= 0.3 is 0 Å². The van der Waals surface area contributed by atoms with E-state index in [-0.39, 0.29) is 0 Å². The van der Waals surface area contributed by atoms with Crippen LogP contribution in [0.15, 0.2) is 47.1 Å². The highest BCUT2D eigenvalue weighted by molar-refractivity contribution is 9.10. The smallest absolute Gasteiger partial charge is 0.137 e. The van der Waals surface area contributed by atoms with Gasteiger partial charge in [-0.25, -0.2) is 4.98 Å². The summed E-state index contributed by atoms with van der Waals surface area (Å²) >= 11 is 9.59. The molecular weight excluding hydrogens is 324 g/mol. The first-order valence-corrected chi connectivity index (χ1v) is 7.31. The highest BCUT2D eigenvalue weighted by atomic mass is 79.9. The summed E-state index contributed by atoms with van der Waals surface area (Å²) in [6.07, 6.45) is 2.00. The minimum absolute atomic E-state index is 0.431. The number of hydrogen-bond acceptors (Lipinski definition) is 1. The van der Waals surface area contributed by atoms with Crippen molar-refractivity contribution in [2.75, 3.05) is 0 Å². The van der Waals surface area contributed by atoms with Crippen LogP contribution in [0.2, 0.25) is 0 Å². The van der Waals surface area contributed by atoms with Gasteiger partial charge < -0.3 is 4.40 Å². The van der Waals surface area contributed by atoms with Crippen molar-refractivity contribution in [2.45, 2.75) is 12.8 Å². The summed E-state index contributed by atoms with van der Waals surface area (Å²) < 4.78 is 3.05. The highest BCUT2D eigenvalue weighted by Crippen LogP contribution is 2.27. The van der Waals surface area contributed by atoms with E-state index in [0.717, 1.165) is 27.1 Å². The number of nitrogens with zero attached hydrogens (tertiary/aromatic N) is 2. The summed E-state index contributed by atoms with van der Waals surface area (Å²) in [5.41, 5.74) is 5.22. The molecule has 0 fully saturated rings. The molecule has 0 saturated heterocycles. The average Bonchev–Trinajstić information content (AvgIpc) is 2.77. The standard InChI is InChI=1S/C15H12BrClN2/c1-10-2-4-11(5-3-10)15-13(8-17)19-9-12(16)6-7-14(19)18-15/h2-7,9H,8H2,1H3. The number of imidazole rings is 1. The molecule has 0 aliphatic carbocycles. The maximum Gasteiger partial charge on any atom is 0.137 e. The Labute approximate surface area is 125 Å². The third-order valence-electron chi connectivity index (χ3n) is 3.13. The molecule has 3 aromatic rings. The van der Waals surface area contributed by atoms with Gasteiger partial charge in [0.1, 0.15) is 5.65 Å². The Morgan fingerprint density at radius 3 is 2.58 bits per heavy atom. The Morgan fingerprint density at radius 2 is 1.89 bits per heavy atom. The van der Waals surface area contributed by atoms with Crippen LogP contribution in [-0.2, 0) is 5.88 Å². The van der Waals surface area contributed by atoms with Gasteiger partial charge in [-0.15, -0.1) is 11.6 Å². The summed E-state index contributed by atoms with van der Waals surface area (Å²) in [7, 11) is 0. The van der Waals surface area contributed by atoms with Gasteiger partial charge in [0.05, 0.1) is 17.3 Å². The Kier molecular flexibility index (Phi) is 3.33. The zero-order valence-corrected chi connectivity index (χ0v) is 12.7. The van der Waals surface area contributed by atoms with Crippen molar-refractivity contribution in [3.05, 3.63) is 58.3 Å². The number of fused-ring (bicyclic) bond motifs is 1. The van der Waals surface area contributed by atoms with Crippen molar-refractivity contribution in [3.8, 4) is 11.3 Å². The maximum atomic E-state index is 6.11. The molecule has 0 radical (unpaired) electrons. The average molecular weight is 336 g/mol. The van der Waals surface area contributed by atoms with Gasteiger partial charge in [-0.2, -0.15) is 0 Å². The van der Waals surface area contributed by atoms with Gasteiger partial charge in [-0.05, 0) is 35.0 Å². The van der Waals surface area contributed by atoms with E-state index in [2.05, 4.69) is 52.1 Å². The van der Waals surface area contributed by atoms with Crippen LogP contribution in [0.5, 0.6) is 0 Å². The van der Waals surface area contributed by atoms with Crippen molar-refractivity contribution in [3.63, 3.8) is 0 Å². The third kappa shape index (κ3) is 2.28. The molecule has 19 heavy (non-hydrogen) atoms. The SMILES string of the molecule is Cc1ccc(-c2nc3ccc(Br)cn3c2CCl)cc1. The molecule has 4 heteroatoms. The number of hydrogen-bond donors (Lipinski definition) is 0. The fraction of sp³-hybridized carbons (Fsp3) is 0.133. The Bertz CT molecular complexity index is 732. The second kappa shape index (κ2) is 4.99. The molecule has 0 saturated carbocycles. The van der Waals surface area contributed by atoms with Gasteiger partial charge in [-0.3, -0.25) is 0 Å². The van der Waals surface area contributed by atoms with E-state index in [0.29, 0.717) is 5.88 Å². The molecular formula is C15H12BrClN2. The summed E-state index contributed by atoms with van der Waals surface area (Å²) in [6, 6.07) is 12.3. The van der Waals surface area contributed by atoms with Gasteiger partial charge in [0.15, 0.2) is 0 Å². The molecule has 0 bridgehead atoms. The fourth-order valence-corrected chi connectivity index (χ4v) is 2.73. The van der Waals surface area contributed by atoms with Crippen LogP contribution in [0, 0.1) is 6.92 Å². The fourth-order valence-electron chi connectivity index (χ4n) is 2.14. The van der Waals surface area contributed by atoms with Crippen LogP contribution in [0.1, 0.15) is 11.3 Å². The molecule has 96 valence electrons. The summed E-state index contributed by atoms with van der Waals surface area (Å²) in [5, 5.41) is 0. The third-order valence-corrected chi connectivity index (χ3v) is 3.86. The van der Waals surface area contributed by atoms with Crippen LogP contribution in [-0.4, -0.2) is 9.38 Å². The molecule has 1 aromatic carbocycles. The molecule has 0 unspecified atom stereocenters. The van der Waals surface area contributed by atoms with Crippen LogP contribution in [0.4, 0.5) is 0 Å². The Balaban J connectivity index is 2.25. The van der Waals surface area contributed by atoms with E-state index in [1.54, 1.807) is 0 Å². The number of aryl methyl sites for hydroxylation is 1. The van der Waals surface area contributed by atoms with Crippen LogP contribution in [0.25, 0.3) is 16.9 Å². The molecule has 3 rings (SSSR count). The monoisotopic (exact) mass is 334 g/mol. The quantitative estimate of drug-likeness (QED) is 0.614. The lowest BCUT2D eigenvalue weighted by atomic mass is 10.1. The zero-order chi connectivity index (χ0) is 13.4. The molecule has 0 amide bonds. The maximum absolute atomic E-state index is 6.11. The van der Waals surface area contributed by atoms with Crippen molar-refractivity contribution < 1.29 is 0 Å². The first-order valence-electron chi connectivity index (χ1n) is 5.98. The van der Waals surface area contributed by atoms with Crippen molar-refractivity contribution in [1.82, 2.24) is 9.38 Å². The molecule has 0 N–H and O–H groups in total. The molecule has 2 aromatic heterocycles. The minimum Gasteiger partial charge on any atom is -0.301 e. The highest BCUT2D eigenvalue weighted by Gasteiger charge is 2.13. The van der Waals surface area contributed by atoms with E-state index in [1.807, 2.05) is 22.7 Å². The van der Waals surface area contributed by atoms with Crippen molar-refractivity contribution in [2.24, 2.45) is 0 Å². The first kappa shape index (κ1) is 12.7. The van der Waals surface area contributed by atoms with E-state index in [9.17, 15) is 0 Å². The first-order chi connectivity index (χ1) is 9.19. The molecule has 0 spiro atoms. The van der Waals surface area contributed by atoms with Crippen LogP contribution < -0.4 is 0 Å². The van der Waals surface area contributed by atoms with Gasteiger partial charge in [0.2, 0.25) is 0 Å². The predicted molar refractivity (Wildman–Crippen MR) is 82.6 cm³/mol. The van der Waals surface area contributed by atoms with E-state index >= 15 is 0 Å². The summed E-state index contributed by atoms with van der Waals surface area (Å²) in [5.74, 6) is 0.431. The number of halogens is 2. The Hall–Kier alpha value is -1.32. The number of aromatic nitrogens is 2. The van der Waals surface area contributed by atoms with Gasteiger partial charge in [0, 0.05) is 16.2 Å². The van der Waals surface area contributed by atoms with Gasteiger partial charge in [0.25, 0.3) is 0 Å². The number of benzene rings is 1. The molecule has 0 aliphatic heterocycles.